The minimum Gasteiger partial charge on any atom is -0.476 e. The molecule has 0 aromatic carbocycles. The summed E-state index contributed by atoms with van der Waals surface area (Å²) in [6.45, 7) is 1.22. The van der Waals surface area contributed by atoms with Gasteiger partial charge in [-0.15, -0.1) is 0 Å². The molecule has 0 aliphatic carbocycles. The summed E-state index contributed by atoms with van der Waals surface area (Å²) >= 11 is 0. The number of carboxylic acid groups (broad SMARTS) is 1. The number of amides is 2. The third kappa shape index (κ3) is 2.63. The molecule has 0 spiro atoms. The Morgan fingerprint density at radius 3 is 2.55 bits per heavy atom. The molecule has 0 bridgehead atoms. The van der Waals surface area contributed by atoms with Crippen LogP contribution in [0.2, 0.25) is 0 Å². The molecule has 1 aromatic heterocycles. The molecule has 0 saturated carbocycles. The number of aryl methyl sites for hydroxylation is 1. The fraction of sp³-hybridized carbons (Fsp3) is 0.500. The molecule has 1 aliphatic rings. The quantitative estimate of drug-likeness (QED) is 0.782. The molecule has 0 radical (unpaired) electrons. The van der Waals surface area contributed by atoms with Gasteiger partial charge in [0.1, 0.15) is 5.69 Å². The number of likely N-dealkylation sites (N-methyl/N-ethyl adjacent to an activating group) is 1. The lowest BCUT2D eigenvalue weighted by Gasteiger charge is -2.20. The molecular weight excluding hydrogens is 264 g/mol. The van der Waals surface area contributed by atoms with Gasteiger partial charge in [0.2, 0.25) is 5.91 Å². The highest BCUT2D eigenvalue weighted by Crippen LogP contribution is 2.10. The highest BCUT2D eigenvalue weighted by atomic mass is 16.4. The van der Waals surface area contributed by atoms with E-state index in [0.29, 0.717) is 19.6 Å². The molecule has 1 N–H and O–H groups in total. The first kappa shape index (κ1) is 14.0. The van der Waals surface area contributed by atoms with Gasteiger partial charge in [-0.1, -0.05) is 0 Å². The monoisotopic (exact) mass is 280 g/mol. The van der Waals surface area contributed by atoms with Gasteiger partial charge < -0.3 is 14.9 Å². The second-order valence-corrected chi connectivity index (χ2v) is 4.70. The first-order chi connectivity index (χ1) is 9.40. The third-order valence-electron chi connectivity index (χ3n) is 3.33. The second kappa shape index (κ2) is 5.32. The fourth-order valence-corrected chi connectivity index (χ4v) is 2.07. The maximum absolute atomic E-state index is 12.4. The van der Waals surface area contributed by atoms with Crippen LogP contribution in [0, 0.1) is 0 Å². The molecule has 2 amide bonds. The van der Waals surface area contributed by atoms with Crippen LogP contribution in [0.3, 0.4) is 0 Å². The summed E-state index contributed by atoms with van der Waals surface area (Å²) in [4.78, 5) is 37.9. The van der Waals surface area contributed by atoms with Gasteiger partial charge in [0, 0.05) is 46.2 Å². The summed E-state index contributed by atoms with van der Waals surface area (Å²) in [7, 11) is 3.22. The van der Waals surface area contributed by atoms with Crippen molar-refractivity contribution in [2.45, 2.75) is 6.42 Å². The van der Waals surface area contributed by atoms with Crippen molar-refractivity contribution in [3.8, 4) is 0 Å². The van der Waals surface area contributed by atoms with Gasteiger partial charge >= 0.3 is 5.97 Å². The second-order valence-electron chi connectivity index (χ2n) is 4.70. The summed E-state index contributed by atoms with van der Waals surface area (Å²) in [5.74, 6) is -1.49. The molecule has 2 heterocycles. The number of carbonyl (C=O) groups is 3. The molecular formula is C12H16N4O4. The highest BCUT2D eigenvalue weighted by Gasteiger charge is 2.25. The standard InChI is InChI=1S/C12H16N4O4/c1-14-5-6-16(4-3-10(14)17)11(18)9-7-8(12(19)20)13-15(9)2/h7H,3-6H2,1-2H3,(H,19,20). The van der Waals surface area contributed by atoms with Crippen molar-refractivity contribution in [3.63, 3.8) is 0 Å². The van der Waals surface area contributed by atoms with Crippen molar-refractivity contribution >= 4 is 17.8 Å². The molecule has 2 rings (SSSR count). The molecule has 8 heteroatoms. The lowest BCUT2D eigenvalue weighted by Crippen LogP contribution is -2.35. The first-order valence-corrected chi connectivity index (χ1v) is 6.20. The number of aromatic nitrogens is 2. The zero-order valence-corrected chi connectivity index (χ0v) is 11.4. The molecule has 108 valence electrons. The van der Waals surface area contributed by atoms with E-state index in [0.717, 1.165) is 0 Å². The van der Waals surface area contributed by atoms with Gasteiger partial charge in [-0.05, 0) is 0 Å². The SMILES string of the molecule is CN1CCN(C(=O)c2cc(C(=O)O)nn2C)CCC1=O. The van der Waals surface area contributed by atoms with Crippen molar-refractivity contribution in [1.82, 2.24) is 19.6 Å². The number of carboxylic acids is 1. The average Bonchev–Trinajstić information content (AvgIpc) is 2.71. The van der Waals surface area contributed by atoms with Crippen LogP contribution in [-0.4, -0.2) is 69.2 Å². The Bertz CT molecular complexity index is 566. The fourth-order valence-electron chi connectivity index (χ4n) is 2.07. The van der Waals surface area contributed by atoms with E-state index in [2.05, 4.69) is 5.10 Å². The number of rotatable bonds is 2. The number of aromatic carboxylic acids is 1. The van der Waals surface area contributed by atoms with Gasteiger partial charge in [-0.2, -0.15) is 5.10 Å². The lowest BCUT2D eigenvalue weighted by molar-refractivity contribution is -0.129. The predicted octanol–water partition coefficient (Wildman–Crippen LogP) is -0.577. The highest BCUT2D eigenvalue weighted by molar-refractivity contribution is 5.96. The molecule has 8 nitrogen and oxygen atoms in total. The van der Waals surface area contributed by atoms with Gasteiger partial charge in [0.15, 0.2) is 5.69 Å². The van der Waals surface area contributed by atoms with Crippen molar-refractivity contribution in [1.29, 1.82) is 0 Å². The summed E-state index contributed by atoms with van der Waals surface area (Å²) in [5, 5.41) is 12.6. The number of hydrogen-bond acceptors (Lipinski definition) is 4. The molecule has 0 unspecified atom stereocenters. The van der Waals surface area contributed by atoms with Crippen LogP contribution in [0.25, 0.3) is 0 Å². The van der Waals surface area contributed by atoms with E-state index < -0.39 is 5.97 Å². The summed E-state index contributed by atoms with van der Waals surface area (Å²) in [6, 6.07) is 1.25. The average molecular weight is 280 g/mol. The Kier molecular flexibility index (Phi) is 3.73. The van der Waals surface area contributed by atoms with Crippen molar-refractivity contribution in [2.24, 2.45) is 7.05 Å². The summed E-state index contributed by atoms with van der Waals surface area (Å²) in [5.41, 5.74) is 0.0401. The third-order valence-corrected chi connectivity index (χ3v) is 3.33. The van der Waals surface area contributed by atoms with Crippen LogP contribution in [0.1, 0.15) is 27.4 Å². The van der Waals surface area contributed by atoms with Crippen molar-refractivity contribution < 1.29 is 19.5 Å². The number of hydrogen-bond donors (Lipinski definition) is 1. The predicted molar refractivity (Wildman–Crippen MR) is 68.3 cm³/mol. The van der Waals surface area contributed by atoms with E-state index in [1.807, 2.05) is 0 Å². The normalized spacial score (nSPS) is 16.2. The molecule has 0 atom stereocenters. The Balaban J connectivity index is 2.19. The smallest absolute Gasteiger partial charge is 0.356 e. The minimum atomic E-state index is -1.18. The van der Waals surface area contributed by atoms with Gasteiger partial charge in [0.25, 0.3) is 5.91 Å². The molecule has 1 saturated heterocycles. The Morgan fingerprint density at radius 1 is 1.25 bits per heavy atom. The van der Waals surface area contributed by atoms with Gasteiger partial charge in [0.05, 0.1) is 0 Å². The molecule has 1 fully saturated rings. The first-order valence-electron chi connectivity index (χ1n) is 6.20. The van der Waals surface area contributed by atoms with E-state index >= 15 is 0 Å². The molecule has 1 aliphatic heterocycles. The lowest BCUT2D eigenvalue weighted by atomic mass is 10.3. The van der Waals surface area contributed by atoms with Gasteiger partial charge in [-0.25, -0.2) is 4.79 Å². The van der Waals surface area contributed by atoms with E-state index in [-0.39, 0.29) is 29.6 Å². The van der Waals surface area contributed by atoms with Crippen molar-refractivity contribution in [3.05, 3.63) is 17.5 Å². The van der Waals surface area contributed by atoms with Crippen LogP contribution in [-0.2, 0) is 11.8 Å². The van der Waals surface area contributed by atoms with Crippen LogP contribution in [0.5, 0.6) is 0 Å². The van der Waals surface area contributed by atoms with E-state index in [9.17, 15) is 14.4 Å². The maximum Gasteiger partial charge on any atom is 0.356 e. The van der Waals surface area contributed by atoms with Crippen LogP contribution in [0.15, 0.2) is 6.07 Å². The van der Waals surface area contributed by atoms with Crippen LogP contribution in [0.4, 0.5) is 0 Å². The number of carbonyl (C=O) groups excluding carboxylic acids is 2. The van der Waals surface area contributed by atoms with Gasteiger partial charge in [-0.3, -0.25) is 14.3 Å². The number of nitrogens with zero attached hydrogens (tertiary/aromatic N) is 4. The van der Waals surface area contributed by atoms with E-state index in [1.54, 1.807) is 16.8 Å². The molecule has 1 aromatic rings. The Labute approximate surface area is 115 Å². The maximum atomic E-state index is 12.4. The Morgan fingerprint density at radius 2 is 1.95 bits per heavy atom. The van der Waals surface area contributed by atoms with E-state index in [4.69, 9.17) is 5.11 Å². The summed E-state index contributed by atoms with van der Waals surface area (Å²) < 4.78 is 1.25. The topological polar surface area (TPSA) is 95.7 Å². The van der Waals surface area contributed by atoms with Crippen LogP contribution < -0.4 is 0 Å². The van der Waals surface area contributed by atoms with E-state index in [1.165, 1.54) is 17.8 Å². The van der Waals surface area contributed by atoms with Crippen molar-refractivity contribution in [2.75, 3.05) is 26.7 Å². The Hall–Kier alpha value is -2.38. The largest absolute Gasteiger partial charge is 0.476 e. The molecule has 20 heavy (non-hydrogen) atoms. The minimum absolute atomic E-state index is 0.00321. The summed E-state index contributed by atoms with van der Waals surface area (Å²) in [6.07, 6.45) is 0.270. The van der Waals surface area contributed by atoms with Crippen LogP contribution >= 0.6 is 0 Å². The zero-order valence-electron chi connectivity index (χ0n) is 11.4. The zero-order chi connectivity index (χ0) is 14.9.